The Morgan fingerprint density at radius 3 is 0.935 bits per heavy atom. The predicted octanol–water partition coefficient (Wildman–Crippen LogP) is 15.6. The lowest BCUT2D eigenvalue weighted by molar-refractivity contribution is 1.19. The van der Waals surface area contributed by atoms with Crippen LogP contribution in [0.25, 0.3) is 34.0 Å². The monoisotopic (exact) mass is 633 g/mol. The van der Waals surface area contributed by atoms with Crippen LogP contribution in [0, 0.1) is 41.5 Å². The van der Waals surface area contributed by atoms with Gasteiger partial charge in [-0.05, 0) is 111 Å². The van der Waals surface area contributed by atoms with Crippen molar-refractivity contribution in [1.82, 2.24) is 9.97 Å². The Kier molecular flexibility index (Phi) is 39.3. The van der Waals surface area contributed by atoms with Gasteiger partial charge in [-0.3, -0.25) is 9.97 Å². The van der Waals surface area contributed by atoms with Crippen molar-refractivity contribution in [2.24, 2.45) is 0 Å². The Morgan fingerprint density at radius 2 is 0.674 bits per heavy atom. The first-order chi connectivity index (χ1) is 22.3. The summed E-state index contributed by atoms with van der Waals surface area (Å²) in [6.07, 6.45) is 11.9. The average molecular weight is 633 g/mol. The molecule has 4 aromatic rings. The molecule has 0 bridgehead atoms. The molecule has 1 heterocycles. The quantitative estimate of drug-likeness (QED) is 0.159. The number of aryl methyl sites for hydroxylation is 4. The van der Waals surface area contributed by atoms with Gasteiger partial charge >= 0.3 is 0 Å². The van der Waals surface area contributed by atoms with E-state index in [1.807, 2.05) is 123 Å². The van der Waals surface area contributed by atoms with Crippen LogP contribution in [0.5, 0.6) is 0 Å². The number of rotatable bonds is 0. The molecule has 0 N–H and O–H groups in total. The van der Waals surface area contributed by atoms with E-state index in [-0.39, 0.29) is 0 Å². The fourth-order valence-corrected chi connectivity index (χ4v) is 4.19. The highest BCUT2D eigenvalue weighted by Crippen LogP contribution is 2.34. The molecule has 0 atom stereocenters. The van der Waals surface area contributed by atoms with Crippen LogP contribution in [0.4, 0.5) is 0 Å². The molecule has 2 nitrogen and oxygen atoms in total. The third-order valence-electron chi connectivity index (χ3n) is 6.51. The van der Waals surface area contributed by atoms with Crippen molar-refractivity contribution in [2.45, 2.75) is 152 Å². The second-order valence-corrected chi connectivity index (χ2v) is 8.45. The van der Waals surface area contributed by atoms with Gasteiger partial charge in [0, 0.05) is 12.4 Å². The van der Waals surface area contributed by atoms with Crippen molar-refractivity contribution >= 4 is 34.0 Å². The minimum atomic E-state index is 1.04. The summed E-state index contributed by atoms with van der Waals surface area (Å²) in [5, 5.41) is 2.87. The molecule has 0 saturated heterocycles. The molecule has 2 heteroatoms. The fourth-order valence-electron chi connectivity index (χ4n) is 4.19. The van der Waals surface area contributed by atoms with E-state index < -0.39 is 0 Å². The zero-order valence-electron chi connectivity index (χ0n) is 34.7. The normalized spacial score (nSPS) is 8.91. The fraction of sp³-hybridized carbons (Fsp3) is 0.500. The predicted molar refractivity (Wildman–Crippen MR) is 221 cm³/mol. The van der Waals surface area contributed by atoms with Crippen LogP contribution < -0.4 is 0 Å². The number of allylic oxidation sites excluding steroid dienone is 2. The van der Waals surface area contributed by atoms with E-state index in [1.54, 1.807) is 12.4 Å². The van der Waals surface area contributed by atoms with Crippen molar-refractivity contribution in [1.29, 1.82) is 0 Å². The summed E-state index contributed by atoms with van der Waals surface area (Å²) in [5.74, 6) is 0. The topological polar surface area (TPSA) is 25.8 Å². The molecule has 1 aliphatic carbocycles. The molecular formula is C44H76N2. The molecule has 0 radical (unpaired) electrons. The Morgan fingerprint density at radius 1 is 0.391 bits per heavy atom. The highest BCUT2D eigenvalue weighted by Gasteiger charge is 2.11. The lowest BCUT2D eigenvalue weighted by Crippen LogP contribution is -1.96. The van der Waals surface area contributed by atoms with Gasteiger partial charge < -0.3 is 0 Å². The molecule has 262 valence electrons. The van der Waals surface area contributed by atoms with E-state index in [9.17, 15) is 0 Å². The largest absolute Gasteiger partial charge is 0.253 e. The molecule has 0 spiro atoms. The van der Waals surface area contributed by atoms with Crippen molar-refractivity contribution in [2.75, 3.05) is 0 Å². The van der Waals surface area contributed by atoms with Gasteiger partial charge in [0.15, 0.2) is 0 Å². The highest BCUT2D eigenvalue weighted by molar-refractivity contribution is 6.07. The zero-order chi connectivity index (χ0) is 37.4. The summed E-state index contributed by atoms with van der Waals surface area (Å²) in [7, 11) is 0. The molecule has 1 aliphatic rings. The number of nitrogens with zero attached hydrogens (tertiary/aromatic N) is 2. The van der Waals surface area contributed by atoms with Crippen molar-refractivity contribution in [3.8, 4) is 0 Å². The Bertz CT molecular complexity index is 1240. The summed E-state index contributed by atoms with van der Waals surface area (Å²) in [4.78, 5) is 8.76. The lowest BCUT2D eigenvalue weighted by Gasteiger charge is -2.11. The molecule has 3 aromatic carbocycles. The molecule has 1 aromatic heterocycles. The van der Waals surface area contributed by atoms with Gasteiger partial charge in [0.05, 0.1) is 11.0 Å². The zero-order valence-corrected chi connectivity index (χ0v) is 34.7. The van der Waals surface area contributed by atoms with Gasteiger partial charge in [-0.25, -0.2) is 0 Å². The maximum Gasteiger partial charge on any atom is 0.0921 e. The number of hydrogen-bond donors (Lipinski definition) is 0. The van der Waals surface area contributed by atoms with Crippen LogP contribution in [-0.4, -0.2) is 9.97 Å². The summed E-state index contributed by atoms with van der Waals surface area (Å²) >= 11 is 0. The van der Waals surface area contributed by atoms with E-state index in [0.717, 1.165) is 11.0 Å². The summed E-state index contributed by atoms with van der Waals surface area (Å²) in [5.41, 5.74) is 12.7. The number of fused-ring (bicyclic) bond motifs is 1. The van der Waals surface area contributed by atoms with Gasteiger partial charge in [-0.1, -0.05) is 146 Å². The molecular weight excluding hydrogens is 556 g/mol. The first kappa shape index (κ1) is 52.3. The van der Waals surface area contributed by atoms with E-state index in [2.05, 4.69) is 87.9 Å². The van der Waals surface area contributed by atoms with Gasteiger partial charge in [-0.2, -0.15) is 0 Å². The van der Waals surface area contributed by atoms with Crippen LogP contribution in [0.3, 0.4) is 0 Å². The number of aromatic nitrogens is 2. The Hall–Kier alpha value is -3.26. The minimum Gasteiger partial charge on any atom is -0.253 e. The van der Waals surface area contributed by atoms with Gasteiger partial charge in [-0.15, -0.1) is 0 Å². The first-order valence-electron chi connectivity index (χ1n) is 18.3. The van der Waals surface area contributed by atoms with Crippen LogP contribution in [0.1, 0.15) is 155 Å². The van der Waals surface area contributed by atoms with E-state index in [0.29, 0.717) is 0 Å². The summed E-state index contributed by atoms with van der Waals surface area (Å²) in [6, 6.07) is 8.85. The Balaban J connectivity index is -0.000000164. The van der Waals surface area contributed by atoms with Crippen LogP contribution in [0.2, 0.25) is 0 Å². The molecule has 0 unspecified atom stereocenters. The molecule has 0 fully saturated rings. The van der Waals surface area contributed by atoms with E-state index >= 15 is 0 Å². The third kappa shape index (κ3) is 15.8. The van der Waals surface area contributed by atoms with Crippen molar-refractivity contribution in [3.05, 3.63) is 93.3 Å². The molecule has 46 heavy (non-hydrogen) atoms. The maximum absolute atomic E-state index is 4.38. The van der Waals surface area contributed by atoms with Crippen molar-refractivity contribution in [3.63, 3.8) is 0 Å². The minimum absolute atomic E-state index is 1.04. The maximum atomic E-state index is 4.38. The van der Waals surface area contributed by atoms with E-state index in [1.165, 1.54) is 55.3 Å². The number of hydrogen-bond acceptors (Lipinski definition) is 2. The van der Waals surface area contributed by atoms with Crippen LogP contribution >= 0.6 is 0 Å². The lowest BCUT2D eigenvalue weighted by atomic mass is 9.96. The third-order valence-corrected chi connectivity index (χ3v) is 6.51. The summed E-state index contributed by atoms with van der Waals surface area (Å²) < 4.78 is 0. The van der Waals surface area contributed by atoms with Gasteiger partial charge in [0.1, 0.15) is 0 Å². The molecule has 0 aliphatic heterocycles. The van der Waals surface area contributed by atoms with E-state index in [4.69, 9.17) is 0 Å². The second kappa shape index (κ2) is 34.6. The standard InChI is InChI=1S/C14H12.C12H14N2.C4H8.7C2H6/c1-9-3-5-11-7-8-12-6-4-10(2)13(9)14(11)12;1-7-8(2)10(4)12-11(9(7)3)13-5-6-14-12;1-3-4-2;7*1-2/h3-8H,1-2H3;5-6H,1-4H3;3-4H,1-2H3;7*1-2H3/b;;4-3-;;;;;;;. The molecule has 5 rings (SSSR count). The van der Waals surface area contributed by atoms with Gasteiger partial charge in [0.2, 0.25) is 0 Å². The van der Waals surface area contributed by atoms with Crippen LogP contribution in [0.15, 0.2) is 48.8 Å². The highest BCUT2D eigenvalue weighted by atomic mass is 14.8. The first-order valence-corrected chi connectivity index (χ1v) is 18.3. The Labute approximate surface area is 288 Å². The summed E-state index contributed by atoms with van der Waals surface area (Å²) in [6.45, 7) is 44.9. The van der Waals surface area contributed by atoms with Crippen LogP contribution in [-0.2, 0) is 0 Å². The molecule has 0 saturated carbocycles. The average Bonchev–Trinajstić information content (AvgIpc) is 3.58. The SMILES string of the molecule is C/C=C\C.CC.CC.CC.CC.CC.CC.CC.Cc1c(C)c(C)c2nccnc2c1C.Cc1ccc2c3c(ccc(C)c13)C=C2. The smallest absolute Gasteiger partial charge is 0.0921 e. The van der Waals surface area contributed by atoms with Crippen molar-refractivity contribution < 1.29 is 0 Å². The van der Waals surface area contributed by atoms with Gasteiger partial charge in [0.25, 0.3) is 0 Å². The second-order valence-electron chi connectivity index (χ2n) is 8.45. The number of benzene rings is 3. The molecule has 0 amide bonds.